The predicted molar refractivity (Wildman–Crippen MR) is 114 cm³/mol. The third-order valence-corrected chi connectivity index (χ3v) is 6.30. The quantitative estimate of drug-likeness (QED) is 0.765. The van der Waals surface area contributed by atoms with Crippen molar-refractivity contribution in [2.75, 3.05) is 37.7 Å². The molecule has 2 fully saturated rings. The van der Waals surface area contributed by atoms with Crippen LogP contribution in [0.2, 0.25) is 0 Å². The van der Waals surface area contributed by atoms with Gasteiger partial charge < -0.3 is 20.3 Å². The van der Waals surface area contributed by atoms with Crippen molar-refractivity contribution in [3.05, 3.63) is 47.4 Å². The lowest BCUT2D eigenvalue weighted by Crippen LogP contribution is -2.45. The van der Waals surface area contributed by atoms with Crippen LogP contribution >= 0.6 is 0 Å². The Labute approximate surface area is 185 Å². The molecule has 0 unspecified atom stereocenters. The van der Waals surface area contributed by atoms with Crippen LogP contribution in [0.25, 0.3) is 0 Å². The van der Waals surface area contributed by atoms with E-state index >= 15 is 0 Å². The number of amides is 2. The number of aromatic nitrogens is 3. The lowest BCUT2D eigenvalue weighted by atomic mass is 9.92. The number of nitrogens with zero attached hydrogens (tertiary/aromatic N) is 5. The molecule has 170 valence electrons. The maximum Gasteiger partial charge on any atom is 0.267 e. The molecule has 2 aliphatic rings. The lowest BCUT2D eigenvalue weighted by Gasteiger charge is -2.37. The van der Waals surface area contributed by atoms with Crippen molar-refractivity contribution >= 4 is 17.6 Å². The van der Waals surface area contributed by atoms with Crippen molar-refractivity contribution in [2.24, 2.45) is 11.7 Å². The normalized spacial score (nSPS) is 20.1. The number of piperidine rings is 1. The van der Waals surface area contributed by atoms with E-state index in [9.17, 15) is 14.0 Å². The molecule has 2 amide bonds. The zero-order chi connectivity index (χ0) is 22.7. The summed E-state index contributed by atoms with van der Waals surface area (Å²) in [6.07, 6.45) is 6.09. The Morgan fingerprint density at radius 1 is 1.12 bits per heavy atom. The summed E-state index contributed by atoms with van der Waals surface area (Å²) in [6.45, 7) is 4.41. The molecule has 0 radical (unpaired) electrons. The molecule has 1 atom stereocenters. The first-order chi connectivity index (χ1) is 15.5. The summed E-state index contributed by atoms with van der Waals surface area (Å²) >= 11 is 0. The van der Waals surface area contributed by atoms with E-state index < -0.39 is 5.91 Å². The molecule has 0 saturated carbocycles. The molecular weight excluding hydrogens is 415 g/mol. The number of primary amides is 1. The summed E-state index contributed by atoms with van der Waals surface area (Å²) in [5, 5.41) is 0. The predicted octanol–water partition coefficient (Wildman–Crippen LogP) is 1.62. The Kier molecular flexibility index (Phi) is 6.59. The molecule has 2 aliphatic heterocycles. The number of halogens is 1. The fraction of sp³-hybridized carbons (Fsp3) is 0.500. The van der Waals surface area contributed by atoms with Crippen molar-refractivity contribution in [3.8, 4) is 0 Å². The van der Waals surface area contributed by atoms with E-state index in [2.05, 4.69) is 15.0 Å². The van der Waals surface area contributed by atoms with E-state index in [1.54, 1.807) is 19.2 Å². The highest BCUT2D eigenvalue weighted by molar-refractivity contribution is 5.91. The second-order valence-corrected chi connectivity index (χ2v) is 8.17. The van der Waals surface area contributed by atoms with Gasteiger partial charge in [0.2, 0.25) is 5.91 Å². The smallest absolute Gasteiger partial charge is 0.267 e. The number of anilines is 1. The topological polar surface area (TPSA) is 115 Å². The van der Waals surface area contributed by atoms with Gasteiger partial charge in [-0.3, -0.25) is 14.6 Å². The van der Waals surface area contributed by atoms with Crippen LogP contribution in [-0.4, -0.2) is 64.5 Å². The Morgan fingerprint density at radius 2 is 1.91 bits per heavy atom. The van der Waals surface area contributed by atoms with E-state index in [1.165, 1.54) is 12.5 Å². The minimum atomic E-state index is -0.602. The van der Waals surface area contributed by atoms with Crippen LogP contribution in [0.3, 0.4) is 0 Å². The number of pyridine rings is 1. The average molecular weight is 442 g/mol. The Morgan fingerprint density at radius 3 is 2.66 bits per heavy atom. The first kappa shape index (κ1) is 22.1. The second-order valence-electron chi connectivity index (χ2n) is 8.17. The van der Waals surface area contributed by atoms with Crippen LogP contribution in [-0.2, 0) is 9.53 Å². The number of rotatable bonds is 4. The van der Waals surface area contributed by atoms with Crippen molar-refractivity contribution in [1.29, 1.82) is 0 Å². The van der Waals surface area contributed by atoms with E-state index in [0.29, 0.717) is 63.5 Å². The van der Waals surface area contributed by atoms with Gasteiger partial charge in [-0.05, 0) is 37.3 Å². The third kappa shape index (κ3) is 4.55. The summed E-state index contributed by atoms with van der Waals surface area (Å²) in [5.41, 5.74) is 6.74. The van der Waals surface area contributed by atoms with Gasteiger partial charge in [0.05, 0.1) is 18.8 Å². The third-order valence-electron chi connectivity index (χ3n) is 6.30. The molecule has 2 N–H and O–H groups in total. The highest BCUT2D eigenvalue weighted by atomic mass is 19.1. The standard InChI is InChI=1S/C22H27FN6O3/c1-14-16(11-25-12-17(14)23)19-4-8-32-9-7-29(19)22(31)15-2-5-28(6-3-15)20-10-18(21(24)30)26-13-27-20/h10-13,15,19H,2-9H2,1H3,(H2,24,30)/t19-/m0/s1. The summed E-state index contributed by atoms with van der Waals surface area (Å²) in [5.74, 6) is -0.429. The van der Waals surface area contributed by atoms with Crippen molar-refractivity contribution in [3.63, 3.8) is 0 Å². The molecule has 0 spiro atoms. The lowest BCUT2D eigenvalue weighted by molar-refractivity contribution is -0.138. The molecule has 9 nitrogen and oxygen atoms in total. The van der Waals surface area contributed by atoms with E-state index in [4.69, 9.17) is 10.5 Å². The van der Waals surface area contributed by atoms with Crippen molar-refractivity contribution < 1.29 is 18.7 Å². The maximum absolute atomic E-state index is 14.2. The number of ether oxygens (including phenoxy) is 1. The van der Waals surface area contributed by atoms with Gasteiger partial charge in [-0.1, -0.05) is 0 Å². The van der Waals surface area contributed by atoms with Gasteiger partial charge in [-0.25, -0.2) is 14.4 Å². The molecule has 4 rings (SSSR count). The SMILES string of the molecule is Cc1c(F)cncc1[C@@H]1CCOCCN1C(=O)C1CCN(c2cc(C(N)=O)ncn2)CC1. The average Bonchev–Trinajstić information content (AvgIpc) is 3.06. The van der Waals surface area contributed by atoms with Crippen LogP contribution < -0.4 is 10.6 Å². The van der Waals surface area contributed by atoms with Crippen LogP contribution in [0.15, 0.2) is 24.8 Å². The highest BCUT2D eigenvalue weighted by Crippen LogP contribution is 2.32. The molecular formula is C22H27FN6O3. The van der Waals surface area contributed by atoms with E-state index in [1.807, 2.05) is 9.80 Å². The molecule has 10 heteroatoms. The van der Waals surface area contributed by atoms with Gasteiger partial charge in [-0.2, -0.15) is 0 Å². The number of hydrogen-bond acceptors (Lipinski definition) is 7. The number of hydrogen-bond donors (Lipinski definition) is 1. The number of nitrogens with two attached hydrogens (primary N) is 1. The van der Waals surface area contributed by atoms with Crippen LogP contribution in [0, 0.1) is 18.7 Å². The zero-order valence-electron chi connectivity index (χ0n) is 18.0. The van der Waals surface area contributed by atoms with Gasteiger partial charge in [-0.15, -0.1) is 0 Å². The molecule has 0 bridgehead atoms. The van der Waals surface area contributed by atoms with Gasteiger partial charge in [0.1, 0.15) is 23.7 Å². The van der Waals surface area contributed by atoms with Crippen LogP contribution in [0.5, 0.6) is 0 Å². The minimum Gasteiger partial charge on any atom is -0.380 e. The van der Waals surface area contributed by atoms with E-state index in [0.717, 1.165) is 5.56 Å². The molecule has 0 aliphatic carbocycles. The van der Waals surface area contributed by atoms with Gasteiger partial charge in [0.15, 0.2) is 0 Å². The van der Waals surface area contributed by atoms with Gasteiger partial charge in [0.25, 0.3) is 5.91 Å². The first-order valence-electron chi connectivity index (χ1n) is 10.8. The maximum atomic E-state index is 14.2. The van der Waals surface area contributed by atoms with Crippen molar-refractivity contribution in [1.82, 2.24) is 19.9 Å². The summed E-state index contributed by atoms with van der Waals surface area (Å²) in [7, 11) is 0. The summed E-state index contributed by atoms with van der Waals surface area (Å²) < 4.78 is 19.8. The molecule has 0 aromatic carbocycles. The summed E-state index contributed by atoms with van der Waals surface area (Å²) in [6, 6.07) is 1.32. The Bertz CT molecular complexity index is 995. The summed E-state index contributed by atoms with van der Waals surface area (Å²) in [4.78, 5) is 40.9. The molecule has 32 heavy (non-hydrogen) atoms. The van der Waals surface area contributed by atoms with Gasteiger partial charge >= 0.3 is 0 Å². The monoisotopic (exact) mass is 442 g/mol. The number of carbonyl (C=O) groups is 2. The zero-order valence-corrected chi connectivity index (χ0v) is 18.0. The second kappa shape index (κ2) is 9.56. The number of carbonyl (C=O) groups excluding carboxylic acids is 2. The van der Waals surface area contributed by atoms with E-state index in [-0.39, 0.29) is 29.4 Å². The van der Waals surface area contributed by atoms with Crippen molar-refractivity contribution in [2.45, 2.75) is 32.2 Å². The first-order valence-corrected chi connectivity index (χ1v) is 10.8. The highest BCUT2D eigenvalue weighted by Gasteiger charge is 2.35. The Balaban J connectivity index is 1.48. The fourth-order valence-electron chi connectivity index (χ4n) is 4.45. The molecule has 2 aromatic heterocycles. The largest absolute Gasteiger partial charge is 0.380 e. The molecule has 2 aromatic rings. The van der Waals surface area contributed by atoms with Crippen LogP contribution in [0.1, 0.15) is 46.9 Å². The minimum absolute atomic E-state index is 0.0596. The van der Waals surface area contributed by atoms with Gasteiger partial charge in [0, 0.05) is 44.4 Å². The Hall–Kier alpha value is -3.14. The molecule has 4 heterocycles. The fourth-order valence-corrected chi connectivity index (χ4v) is 4.45. The molecule has 2 saturated heterocycles. The van der Waals surface area contributed by atoms with Crippen LogP contribution in [0.4, 0.5) is 10.2 Å².